The van der Waals surface area contributed by atoms with E-state index in [4.69, 9.17) is 23.2 Å². The fourth-order valence-electron chi connectivity index (χ4n) is 1.72. The number of halogens is 3. The molecule has 0 aliphatic heterocycles. The van der Waals surface area contributed by atoms with Crippen molar-refractivity contribution in [1.82, 2.24) is 0 Å². The van der Waals surface area contributed by atoms with Gasteiger partial charge in [-0.05, 0) is 41.1 Å². The minimum atomic E-state index is -0.438. The molecular formula is C12H9BrCl2N2O2S. The van der Waals surface area contributed by atoms with Gasteiger partial charge in [-0.2, -0.15) is 0 Å². The highest BCUT2D eigenvalue weighted by atomic mass is 79.9. The summed E-state index contributed by atoms with van der Waals surface area (Å²) in [4.78, 5) is 10.3. The van der Waals surface area contributed by atoms with Crippen molar-refractivity contribution in [2.24, 2.45) is 0 Å². The second kappa shape index (κ2) is 6.30. The van der Waals surface area contributed by atoms with Crippen LogP contribution in [0, 0.1) is 10.1 Å². The number of anilines is 1. The molecule has 2 rings (SSSR count). The summed E-state index contributed by atoms with van der Waals surface area (Å²) < 4.78 is 1.69. The topological polar surface area (TPSA) is 55.2 Å². The second-order valence-electron chi connectivity index (χ2n) is 4.07. The van der Waals surface area contributed by atoms with Crippen molar-refractivity contribution >= 4 is 61.8 Å². The molecule has 0 saturated heterocycles. The fraction of sp³-hybridized carbons (Fsp3) is 0.167. The van der Waals surface area contributed by atoms with E-state index in [1.807, 2.05) is 13.0 Å². The Labute approximate surface area is 138 Å². The van der Waals surface area contributed by atoms with Gasteiger partial charge in [-0.3, -0.25) is 10.1 Å². The molecule has 1 aromatic carbocycles. The van der Waals surface area contributed by atoms with E-state index in [0.717, 1.165) is 11.3 Å². The van der Waals surface area contributed by atoms with Gasteiger partial charge in [0, 0.05) is 17.3 Å². The number of hydrogen-bond acceptors (Lipinski definition) is 4. The minimum Gasteiger partial charge on any atom is -0.378 e. The molecule has 106 valence electrons. The van der Waals surface area contributed by atoms with Gasteiger partial charge >= 0.3 is 0 Å². The molecule has 1 N–H and O–H groups in total. The van der Waals surface area contributed by atoms with Crippen LogP contribution in [0.15, 0.2) is 28.7 Å². The Hall–Kier alpha value is -0.820. The molecule has 8 heteroatoms. The molecule has 1 atom stereocenters. The van der Waals surface area contributed by atoms with Crippen molar-refractivity contribution in [2.75, 3.05) is 5.32 Å². The van der Waals surface area contributed by atoms with Crippen LogP contribution in [-0.4, -0.2) is 4.92 Å². The molecule has 0 spiro atoms. The summed E-state index contributed by atoms with van der Waals surface area (Å²) in [7, 11) is 0. The standard InChI is InChI=1S/C12H9BrCl2N2O2S/c1-6(8-5-11(14)20-12(8)15)16-7-2-3-10(17(18)19)9(13)4-7/h2-6,16H,1H3. The van der Waals surface area contributed by atoms with E-state index in [1.54, 1.807) is 12.1 Å². The average Bonchev–Trinajstić information content (AvgIpc) is 2.68. The number of rotatable bonds is 4. The van der Waals surface area contributed by atoms with Gasteiger partial charge < -0.3 is 5.32 Å². The summed E-state index contributed by atoms with van der Waals surface area (Å²) in [5.74, 6) is 0. The normalized spacial score (nSPS) is 12.2. The summed E-state index contributed by atoms with van der Waals surface area (Å²) in [6.45, 7) is 1.94. The molecule has 2 aromatic rings. The molecule has 1 unspecified atom stereocenters. The van der Waals surface area contributed by atoms with Gasteiger partial charge in [-0.15, -0.1) is 11.3 Å². The third-order valence-electron chi connectivity index (χ3n) is 2.68. The number of benzene rings is 1. The lowest BCUT2D eigenvalue weighted by Gasteiger charge is -2.15. The summed E-state index contributed by atoms with van der Waals surface area (Å²) in [5.41, 5.74) is 1.68. The summed E-state index contributed by atoms with van der Waals surface area (Å²) in [6.07, 6.45) is 0. The van der Waals surface area contributed by atoms with Crippen LogP contribution >= 0.6 is 50.5 Å². The Bertz CT molecular complexity index is 663. The maximum Gasteiger partial charge on any atom is 0.283 e. The number of nitro benzene ring substituents is 1. The first-order valence-corrected chi connectivity index (χ1v) is 7.90. The zero-order valence-electron chi connectivity index (χ0n) is 10.2. The van der Waals surface area contributed by atoms with Crippen LogP contribution in [0.5, 0.6) is 0 Å². The van der Waals surface area contributed by atoms with E-state index in [2.05, 4.69) is 21.2 Å². The van der Waals surface area contributed by atoms with Gasteiger partial charge in [0.05, 0.1) is 24.1 Å². The molecule has 0 saturated carbocycles. The maximum atomic E-state index is 10.7. The van der Waals surface area contributed by atoms with Gasteiger partial charge in [0.1, 0.15) is 0 Å². The predicted octanol–water partition coefficient (Wildman–Crippen LogP) is 5.90. The Morgan fingerprint density at radius 2 is 2.10 bits per heavy atom. The van der Waals surface area contributed by atoms with Crippen LogP contribution in [0.1, 0.15) is 18.5 Å². The number of nitro groups is 1. The summed E-state index contributed by atoms with van der Waals surface area (Å²) in [6, 6.07) is 6.52. The fourth-order valence-corrected chi connectivity index (χ4v) is 3.89. The smallest absolute Gasteiger partial charge is 0.283 e. The molecule has 0 radical (unpaired) electrons. The first-order valence-electron chi connectivity index (χ1n) is 5.53. The number of nitrogens with one attached hydrogen (secondary N) is 1. The zero-order chi connectivity index (χ0) is 14.9. The van der Waals surface area contributed by atoms with Crippen molar-refractivity contribution in [3.63, 3.8) is 0 Å². The van der Waals surface area contributed by atoms with Crippen LogP contribution in [0.25, 0.3) is 0 Å². The Morgan fingerprint density at radius 3 is 2.60 bits per heavy atom. The first kappa shape index (κ1) is 15.6. The molecule has 0 aliphatic rings. The lowest BCUT2D eigenvalue weighted by Crippen LogP contribution is -2.06. The van der Waals surface area contributed by atoms with Crippen molar-refractivity contribution in [3.8, 4) is 0 Å². The van der Waals surface area contributed by atoms with Gasteiger partial charge in [-0.1, -0.05) is 23.2 Å². The van der Waals surface area contributed by atoms with Gasteiger partial charge in [-0.25, -0.2) is 0 Å². The third kappa shape index (κ3) is 3.44. The van der Waals surface area contributed by atoms with Gasteiger partial charge in [0.2, 0.25) is 0 Å². The quantitative estimate of drug-likeness (QED) is 0.517. The third-order valence-corrected chi connectivity index (χ3v) is 4.83. The highest BCUT2D eigenvalue weighted by molar-refractivity contribution is 9.10. The summed E-state index contributed by atoms with van der Waals surface area (Å²) in [5, 5.41) is 14.0. The van der Waals surface area contributed by atoms with Crippen LogP contribution < -0.4 is 5.32 Å². The van der Waals surface area contributed by atoms with Crippen LogP contribution in [0.3, 0.4) is 0 Å². The molecule has 1 aromatic heterocycles. The molecule has 0 amide bonds. The maximum absolute atomic E-state index is 10.7. The van der Waals surface area contributed by atoms with E-state index in [9.17, 15) is 10.1 Å². The summed E-state index contributed by atoms with van der Waals surface area (Å²) >= 11 is 16.5. The van der Waals surface area contributed by atoms with Crippen LogP contribution in [0.2, 0.25) is 8.67 Å². The highest BCUT2D eigenvalue weighted by Crippen LogP contribution is 2.36. The van der Waals surface area contributed by atoms with E-state index < -0.39 is 4.92 Å². The number of hydrogen-bond donors (Lipinski definition) is 1. The van der Waals surface area contributed by atoms with Crippen molar-refractivity contribution in [3.05, 3.63) is 53.1 Å². The molecule has 1 heterocycles. The van der Waals surface area contributed by atoms with E-state index in [1.165, 1.54) is 17.4 Å². The number of thiophene rings is 1. The number of nitrogens with zero attached hydrogens (tertiary/aromatic N) is 1. The molecule has 0 fully saturated rings. The van der Waals surface area contributed by atoms with E-state index >= 15 is 0 Å². The van der Waals surface area contributed by atoms with E-state index in [0.29, 0.717) is 13.1 Å². The largest absolute Gasteiger partial charge is 0.378 e. The monoisotopic (exact) mass is 394 g/mol. The molecule has 20 heavy (non-hydrogen) atoms. The Morgan fingerprint density at radius 1 is 1.40 bits per heavy atom. The lowest BCUT2D eigenvalue weighted by molar-refractivity contribution is -0.385. The van der Waals surface area contributed by atoms with Crippen molar-refractivity contribution in [2.45, 2.75) is 13.0 Å². The molecule has 0 aliphatic carbocycles. The predicted molar refractivity (Wildman–Crippen MR) is 87.2 cm³/mol. The average molecular weight is 396 g/mol. The highest BCUT2D eigenvalue weighted by Gasteiger charge is 2.15. The van der Waals surface area contributed by atoms with Crippen molar-refractivity contribution in [1.29, 1.82) is 0 Å². The minimum absolute atomic E-state index is 0.0276. The Balaban J connectivity index is 2.20. The zero-order valence-corrected chi connectivity index (χ0v) is 14.1. The Kier molecular flexibility index (Phi) is 4.90. The SMILES string of the molecule is CC(Nc1ccc([N+](=O)[O-])c(Br)c1)c1cc(Cl)sc1Cl. The molecular weight excluding hydrogens is 387 g/mol. The van der Waals surface area contributed by atoms with Gasteiger partial charge in [0.25, 0.3) is 5.69 Å². The van der Waals surface area contributed by atoms with Crippen LogP contribution in [0.4, 0.5) is 11.4 Å². The molecule has 4 nitrogen and oxygen atoms in total. The van der Waals surface area contributed by atoms with Crippen LogP contribution in [-0.2, 0) is 0 Å². The van der Waals surface area contributed by atoms with E-state index in [-0.39, 0.29) is 11.7 Å². The second-order valence-corrected chi connectivity index (χ2v) is 7.21. The molecule has 0 bridgehead atoms. The lowest BCUT2D eigenvalue weighted by atomic mass is 10.1. The van der Waals surface area contributed by atoms with Gasteiger partial charge in [0.15, 0.2) is 0 Å². The first-order chi connectivity index (χ1) is 9.38. The van der Waals surface area contributed by atoms with Crippen molar-refractivity contribution < 1.29 is 4.92 Å².